The zero-order chi connectivity index (χ0) is 45.0. The Morgan fingerprint density at radius 1 is 0.254 bits per heavy atom. The predicted octanol–water partition coefficient (Wildman–Crippen LogP) is 18.4. The average Bonchev–Trinajstić information content (AvgIpc) is 3.71. The van der Waals surface area contributed by atoms with Gasteiger partial charge in [-0.3, -0.25) is 0 Å². The summed E-state index contributed by atoms with van der Waals surface area (Å²) in [4.78, 5) is 0. The van der Waals surface area contributed by atoms with Gasteiger partial charge in [-0.05, 0) is 151 Å². The molecule has 0 N–H and O–H groups in total. The molecule has 1 heteroatoms. The highest BCUT2D eigenvalue weighted by atomic mass is 15.0. The van der Waals surface area contributed by atoms with E-state index in [0.717, 1.165) is 6.54 Å². The smallest absolute Gasteiger partial charge is 0.0491 e. The van der Waals surface area contributed by atoms with Gasteiger partial charge in [0.1, 0.15) is 0 Å². The second-order valence-corrected chi connectivity index (χ2v) is 18.1. The first-order valence-electron chi connectivity index (χ1n) is 23.5. The number of hydrogen-bond donors (Lipinski definition) is 0. The van der Waals surface area contributed by atoms with Crippen LogP contribution in [0.5, 0.6) is 0 Å². The van der Waals surface area contributed by atoms with Crippen molar-refractivity contribution in [2.45, 2.75) is 27.3 Å². The standard InChI is InChI=1S/C66H49N/c1-4-67-63-13-9-8-12-57(63)60-40-56(36-39-64(60)67)51-28-32-53(33-29-51)66-59-38-35-54(49-18-14-43(2)15-19-49)41-61(59)65(58-37-34-55(42-62(58)66)50-20-16-44(3)17-21-50)52-30-26-48(27-31-52)47-24-22-46(23-25-47)45-10-6-5-7-11-45/h5-42H,4H2,1-3H3. The van der Waals surface area contributed by atoms with Crippen LogP contribution in [0.25, 0.3) is 121 Å². The summed E-state index contributed by atoms with van der Waals surface area (Å²) < 4.78 is 2.42. The number of fused-ring (bicyclic) bond motifs is 5. The van der Waals surface area contributed by atoms with Crippen LogP contribution in [0.15, 0.2) is 231 Å². The van der Waals surface area contributed by atoms with Gasteiger partial charge in [0.05, 0.1) is 0 Å². The normalized spacial score (nSPS) is 11.6. The quantitative estimate of drug-likeness (QED) is 0.134. The van der Waals surface area contributed by atoms with E-state index in [1.54, 1.807) is 0 Å². The minimum Gasteiger partial charge on any atom is -0.341 e. The lowest BCUT2D eigenvalue weighted by Crippen LogP contribution is -1.93. The molecule has 0 atom stereocenters. The number of para-hydroxylation sites is 1. The second-order valence-electron chi connectivity index (χ2n) is 18.1. The molecule has 12 aromatic rings. The largest absolute Gasteiger partial charge is 0.341 e. The second kappa shape index (κ2) is 16.6. The number of aryl methyl sites for hydroxylation is 3. The van der Waals surface area contributed by atoms with Crippen LogP contribution in [0.1, 0.15) is 18.1 Å². The Kier molecular flexibility index (Phi) is 9.99. The molecule has 0 radical (unpaired) electrons. The van der Waals surface area contributed by atoms with E-state index in [1.807, 2.05) is 0 Å². The Hall–Kier alpha value is -8.26. The lowest BCUT2D eigenvalue weighted by atomic mass is 9.83. The van der Waals surface area contributed by atoms with Gasteiger partial charge in [0.25, 0.3) is 0 Å². The van der Waals surface area contributed by atoms with Crippen molar-refractivity contribution in [1.29, 1.82) is 0 Å². The van der Waals surface area contributed by atoms with Crippen LogP contribution in [0.3, 0.4) is 0 Å². The maximum absolute atomic E-state index is 2.43. The number of rotatable bonds is 8. The minimum absolute atomic E-state index is 0.937. The van der Waals surface area contributed by atoms with Crippen LogP contribution in [-0.2, 0) is 6.54 Å². The zero-order valence-electron chi connectivity index (χ0n) is 38.1. The van der Waals surface area contributed by atoms with Gasteiger partial charge in [0, 0.05) is 28.4 Å². The van der Waals surface area contributed by atoms with Crippen molar-refractivity contribution < 1.29 is 0 Å². The number of nitrogens with zero attached hydrogens (tertiary/aromatic N) is 1. The molecule has 0 saturated heterocycles. The molecule has 318 valence electrons. The highest BCUT2D eigenvalue weighted by Gasteiger charge is 2.20. The van der Waals surface area contributed by atoms with Gasteiger partial charge in [-0.15, -0.1) is 0 Å². The molecule has 0 fully saturated rings. The van der Waals surface area contributed by atoms with Crippen LogP contribution in [0.4, 0.5) is 0 Å². The molecule has 0 aliphatic carbocycles. The van der Waals surface area contributed by atoms with E-state index in [2.05, 4.69) is 256 Å². The summed E-state index contributed by atoms with van der Waals surface area (Å²) in [6, 6.07) is 85.9. The SMILES string of the molecule is CCn1c2ccccc2c2cc(-c3ccc(-c4c5ccc(-c6ccc(C)cc6)cc5c(-c5ccc(-c6ccc(-c7ccccc7)cc6)cc5)c5ccc(-c6ccc(C)cc6)cc45)cc3)ccc21. The minimum atomic E-state index is 0.937. The van der Waals surface area contributed by atoms with Crippen molar-refractivity contribution in [2.24, 2.45) is 0 Å². The van der Waals surface area contributed by atoms with E-state index < -0.39 is 0 Å². The molecular weight excluding hydrogens is 807 g/mol. The summed E-state index contributed by atoms with van der Waals surface area (Å²) >= 11 is 0. The summed E-state index contributed by atoms with van der Waals surface area (Å²) in [6.07, 6.45) is 0. The van der Waals surface area contributed by atoms with Gasteiger partial charge in [-0.2, -0.15) is 0 Å². The maximum Gasteiger partial charge on any atom is 0.0491 e. The van der Waals surface area contributed by atoms with Crippen LogP contribution in [0, 0.1) is 13.8 Å². The maximum atomic E-state index is 2.43. The van der Waals surface area contributed by atoms with Gasteiger partial charge in [0.2, 0.25) is 0 Å². The van der Waals surface area contributed by atoms with Gasteiger partial charge in [0.15, 0.2) is 0 Å². The average molecular weight is 856 g/mol. The van der Waals surface area contributed by atoms with E-state index in [4.69, 9.17) is 0 Å². The fourth-order valence-corrected chi connectivity index (χ4v) is 10.4. The Bertz CT molecular complexity index is 3780. The van der Waals surface area contributed by atoms with E-state index in [-0.39, 0.29) is 0 Å². The Balaban J connectivity index is 1.04. The molecule has 67 heavy (non-hydrogen) atoms. The van der Waals surface area contributed by atoms with Crippen molar-refractivity contribution in [3.63, 3.8) is 0 Å². The highest BCUT2D eigenvalue weighted by molar-refractivity contribution is 6.22. The topological polar surface area (TPSA) is 4.93 Å². The molecule has 0 amide bonds. The first kappa shape index (κ1) is 40.3. The molecule has 0 aliphatic heterocycles. The van der Waals surface area contributed by atoms with Crippen molar-refractivity contribution in [3.8, 4) is 77.9 Å². The predicted molar refractivity (Wildman–Crippen MR) is 288 cm³/mol. The first-order chi connectivity index (χ1) is 33.0. The van der Waals surface area contributed by atoms with Crippen molar-refractivity contribution in [1.82, 2.24) is 4.57 Å². The van der Waals surface area contributed by atoms with Crippen LogP contribution in [0.2, 0.25) is 0 Å². The zero-order valence-corrected chi connectivity index (χ0v) is 38.1. The molecule has 12 rings (SSSR count). The molecule has 0 saturated carbocycles. The molecule has 11 aromatic carbocycles. The van der Waals surface area contributed by atoms with E-state index in [0.29, 0.717) is 0 Å². The molecule has 0 spiro atoms. The van der Waals surface area contributed by atoms with Gasteiger partial charge >= 0.3 is 0 Å². The Morgan fingerprint density at radius 2 is 0.582 bits per heavy atom. The Morgan fingerprint density at radius 3 is 1.04 bits per heavy atom. The molecular formula is C66H49N. The van der Waals surface area contributed by atoms with Crippen LogP contribution in [-0.4, -0.2) is 4.57 Å². The van der Waals surface area contributed by atoms with Crippen LogP contribution < -0.4 is 0 Å². The molecule has 0 bridgehead atoms. The third-order valence-electron chi connectivity index (χ3n) is 14.0. The van der Waals surface area contributed by atoms with E-state index in [1.165, 1.54) is 132 Å². The molecule has 1 aromatic heterocycles. The summed E-state index contributed by atoms with van der Waals surface area (Å²) in [5.74, 6) is 0. The van der Waals surface area contributed by atoms with Crippen molar-refractivity contribution >= 4 is 43.4 Å². The third-order valence-corrected chi connectivity index (χ3v) is 14.0. The van der Waals surface area contributed by atoms with E-state index >= 15 is 0 Å². The van der Waals surface area contributed by atoms with Crippen molar-refractivity contribution in [2.75, 3.05) is 0 Å². The Labute approximate surface area is 392 Å². The monoisotopic (exact) mass is 855 g/mol. The fraction of sp³-hybridized carbons (Fsp3) is 0.0606. The number of benzene rings is 11. The van der Waals surface area contributed by atoms with Gasteiger partial charge < -0.3 is 4.57 Å². The number of hydrogen-bond acceptors (Lipinski definition) is 0. The summed E-state index contributed by atoms with van der Waals surface area (Å²) in [5.41, 5.74) is 22.1. The lowest BCUT2D eigenvalue weighted by Gasteiger charge is -2.20. The van der Waals surface area contributed by atoms with Gasteiger partial charge in [-0.25, -0.2) is 0 Å². The summed E-state index contributed by atoms with van der Waals surface area (Å²) in [5, 5.41) is 7.56. The molecule has 0 aliphatic rings. The van der Waals surface area contributed by atoms with Crippen molar-refractivity contribution in [3.05, 3.63) is 242 Å². The van der Waals surface area contributed by atoms with Gasteiger partial charge in [-0.1, -0.05) is 211 Å². The first-order valence-corrected chi connectivity index (χ1v) is 23.5. The molecule has 0 unspecified atom stereocenters. The highest BCUT2D eigenvalue weighted by Crippen LogP contribution is 2.47. The number of aromatic nitrogens is 1. The fourth-order valence-electron chi connectivity index (χ4n) is 10.4. The van der Waals surface area contributed by atoms with E-state index in [9.17, 15) is 0 Å². The summed E-state index contributed by atoms with van der Waals surface area (Å²) in [6.45, 7) is 7.48. The van der Waals surface area contributed by atoms with Crippen LogP contribution >= 0.6 is 0 Å². The molecule has 1 nitrogen and oxygen atoms in total. The lowest BCUT2D eigenvalue weighted by molar-refractivity contribution is 0.827. The summed E-state index contributed by atoms with van der Waals surface area (Å²) in [7, 11) is 0. The molecule has 1 heterocycles. The third kappa shape index (κ3) is 7.21.